The molecule has 4 heterocycles. The molecule has 0 spiro atoms. The summed E-state index contributed by atoms with van der Waals surface area (Å²) in [6.45, 7) is 1.22. The number of hydrogen-bond acceptors (Lipinski definition) is 7. The van der Waals surface area contributed by atoms with Gasteiger partial charge < -0.3 is 19.6 Å². The lowest BCUT2D eigenvalue weighted by atomic mass is 9.69. The molecule has 0 bridgehead atoms. The Hall–Kier alpha value is -3.13. The minimum atomic E-state index is 0.0939. The Kier molecular flexibility index (Phi) is 3.94. The summed E-state index contributed by atoms with van der Waals surface area (Å²) < 4.78 is 19.0. The molecule has 4 aromatic heterocycles. The molecule has 1 fully saturated rings. The van der Waals surface area contributed by atoms with Gasteiger partial charge in [-0.3, -0.25) is 0 Å². The molecule has 1 saturated carbocycles. The third-order valence-electron chi connectivity index (χ3n) is 5.57. The number of furan rings is 1. The summed E-state index contributed by atoms with van der Waals surface area (Å²) in [6, 6.07) is 7.40. The second-order valence-corrected chi connectivity index (χ2v) is 7.27. The van der Waals surface area contributed by atoms with Crippen LogP contribution in [0.5, 0.6) is 11.8 Å². The highest BCUT2D eigenvalue weighted by atomic mass is 16.5. The molecule has 1 aliphatic carbocycles. The van der Waals surface area contributed by atoms with Gasteiger partial charge in [-0.05, 0) is 25.0 Å². The fourth-order valence-electron chi connectivity index (χ4n) is 3.64. The fraction of sp³-hybridized carbons (Fsp3) is 0.350. The number of methoxy groups -OCH3 is 1. The van der Waals surface area contributed by atoms with Gasteiger partial charge in [0, 0.05) is 30.3 Å². The number of fused-ring (bicyclic) bond motifs is 2. The molecular formula is C20H21N5O3. The number of imidazole rings is 1. The molecule has 0 unspecified atom stereocenters. The first-order valence-corrected chi connectivity index (χ1v) is 9.32. The van der Waals surface area contributed by atoms with Crippen LogP contribution in [0, 0.1) is 5.41 Å². The van der Waals surface area contributed by atoms with Crippen molar-refractivity contribution >= 4 is 16.6 Å². The van der Waals surface area contributed by atoms with E-state index in [-0.39, 0.29) is 5.41 Å². The van der Waals surface area contributed by atoms with Crippen molar-refractivity contribution in [3.63, 3.8) is 0 Å². The Morgan fingerprint density at radius 1 is 1.25 bits per heavy atom. The fourth-order valence-corrected chi connectivity index (χ4v) is 3.64. The molecule has 0 saturated heterocycles. The molecule has 0 aromatic carbocycles. The Balaban J connectivity index is 1.50. The maximum atomic E-state index is 5.98. The monoisotopic (exact) mass is 379 g/mol. The lowest BCUT2D eigenvalue weighted by Crippen LogP contribution is -2.42. The quantitative estimate of drug-likeness (QED) is 0.549. The van der Waals surface area contributed by atoms with Crippen molar-refractivity contribution < 1.29 is 13.9 Å². The van der Waals surface area contributed by atoms with Gasteiger partial charge in [0.05, 0.1) is 25.3 Å². The van der Waals surface area contributed by atoms with Crippen LogP contribution in [-0.4, -0.2) is 39.8 Å². The SMILES string of the molecule is COc1nccc2oc(-c3cnc4ccc(OCC5(CN)CCC5)nn34)cc12. The van der Waals surface area contributed by atoms with Crippen LogP contribution in [0.3, 0.4) is 0 Å². The largest absolute Gasteiger partial charge is 0.480 e. The van der Waals surface area contributed by atoms with E-state index in [0.717, 1.165) is 23.9 Å². The molecule has 5 rings (SSSR count). The van der Waals surface area contributed by atoms with E-state index in [4.69, 9.17) is 19.6 Å². The van der Waals surface area contributed by atoms with Crippen LogP contribution in [0.15, 0.2) is 41.1 Å². The number of pyridine rings is 1. The molecule has 2 N–H and O–H groups in total. The van der Waals surface area contributed by atoms with Crippen molar-refractivity contribution in [2.24, 2.45) is 11.1 Å². The van der Waals surface area contributed by atoms with Gasteiger partial charge in [0.2, 0.25) is 11.8 Å². The molecule has 4 aromatic rings. The van der Waals surface area contributed by atoms with Crippen LogP contribution >= 0.6 is 0 Å². The summed E-state index contributed by atoms with van der Waals surface area (Å²) in [6.07, 6.45) is 6.81. The summed E-state index contributed by atoms with van der Waals surface area (Å²) >= 11 is 0. The van der Waals surface area contributed by atoms with Crippen molar-refractivity contribution in [1.29, 1.82) is 0 Å². The molecular weight excluding hydrogens is 358 g/mol. The minimum absolute atomic E-state index is 0.0939. The molecule has 0 amide bonds. The van der Waals surface area contributed by atoms with Gasteiger partial charge in [-0.25, -0.2) is 14.5 Å². The van der Waals surface area contributed by atoms with E-state index in [1.54, 1.807) is 30.1 Å². The summed E-state index contributed by atoms with van der Waals surface area (Å²) in [5.74, 6) is 1.70. The Morgan fingerprint density at radius 2 is 2.14 bits per heavy atom. The Bertz CT molecular complexity index is 1140. The Morgan fingerprint density at radius 3 is 2.89 bits per heavy atom. The van der Waals surface area contributed by atoms with Gasteiger partial charge in [0.1, 0.15) is 11.3 Å². The van der Waals surface area contributed by atoms with Crippen molar-refractivity contribution in [3.8, 4) is 23.2 Å². The highest BCUT2D eigenvalue weighted by Gasteiger charge is 2.36. The molecule has 8 nitrogen and oxygen atoms in total. The lowest BCUT2D eigenvalue weighted by molar-refractivity contribution is 0.0636. The number of hydrogen-bond donors (Lipinski definition) is 1. The van der Waals surface area contributed by atoms with Crippen LogP contribution < -0.4 is 15.2 Å². The molecule has 144 valence electrons. The molecule has 0 atom stereocenters. The third kappa shape index (κ3) is 2.68. The number of aromatic nitrogens is 4. The van der Waals surface area contributed by atoms with Gasteiger partial charge in [-0.1, -0.05) is 6.42 Å². The highest BCUT2D eigenvalue weighted by molar-refractivity contribution is 5.86. The Labute approximate surface area is 161 Å². The van der Waals surface area contributed by atoms with Crippen LogP contribution in [0.1, 0.15) is 19.3 Å². The lowest BCUT2D eigenvalue weighted by Gasteiger charge is -2.40. The zero-order valence-corrected chi connectivity index (χ0v) is 15.6. The second kappa shape index (κ2) is 6.49. The first-order chi connectivity index (χ1) is 13.7. The van der Waals surface area contributed by atoms with Crippen LogP contribution in [0.4, 0.5) is 0 Å². The first kappa shape index (κ1) is 17.0. The second-order valence-electron chi connectivity index (χ2n) is 7.27. The van der Waals surface area contributed by atoms with Crippen molar-refractivity contribution in [1.82, 2.24) is 19.6 Å². The number of rotatable bonds is 6. The van der Waals surface area contributed by atoms with E-state index in [0.29, 0.717) is 41.9 Å². The summed E-state index contributed by atoms with van der Waals surface area (Å²) in [5, 5.41) is 5.41. The number of nitrogens with two attached hydrogens (primary N) is 1. The number of nitrogens with zero attached hydrogens (tertiary/aromatic N) is 4. The average molecular weight is 379 g/mol. The van der Waals surface area contributed by atoms with E-state index >= 15 is 0 Å². The standard InChI is InChI=1S/C20H21N5O3/c1-26-19-13-9-16(28-15(13)5-8-22-19)14-10-23-17-3-4-18(24-25(14)17)27-12-20(11-21)6-2-7-20/h3-5,8-10H,2,6-7,11-12,21H2,1H3. The summed E-state index contributed by atoms with van der Waals surface area (Å²) in [7, 11) is 1.59. The zero-order chi connectivity index (χ0) is 19.1. The van der Waals surface area contributed by atoms with Crippen LogP contribution in [0.2, 0.25) is 0 Å². The van der Waals surface area contributed by atoms with Crippen molar-refractivity contribution in [3.05, 3.63) is 36.7 Å². The van der Waals surface area contributed by atoms with Gasteiger partial charge in [-0.15, -0.1) is 5.10 Å². The van der Waals surface area contributed by atoms with Crippen molar-refractivity contribution in [2.75, 3.05) is 20.3 Å². The normalized spacial score (nSPS) is 15.6. The van der Waals surface area contributed by atoms with Gasteiger partial charge in [-0.2, -0.15) is 0 Å². The van der Waals surface area contributed by atoms with Crippen LogP contribution in [0.25, 0.3) is 28.1 Å². The smallest absolute Gasteiger partial charge is 0.231 e. The predicted molar refractivity (Wildman–Crippen MR) is 103 cm³/mol. The maximum Gasteiger partial charge on any atom is 0.231 e. The van der Waals surface area contributed by atoms with Gasteiger partial charge in [0.25, 0.3) is 0 Å². The van der Waals surface area contributed by atoms with Gasteiger partial charge in [0.15, 0.2) is 11.4 Å². The van der Waals surface area contributed by atoms with E-state index in [1.807, 2.05) is 18.2 Å². The zero-order valence-electron chi connectivity index (χ0n) is 15.6. The van der Waals surface area contributed by atoms with E-state index in [2.05, 4.69) is 15.1 Å². The molecule has 0 radical (unpaired) electrons. The highest BCUT2D eigenvalue weighted by Crippen LogP contribution is 2.40. The van der Waals surface area contributed by atoms with E-state index < -0.39 is 0 Å². The number of ether oxygens (including phenoxy) is 2. The molecule has 0 aliphatic heterocycles. The third-order valence-corrected chi connectivity index (χ3v) is 5.57. The maximum absolute atomic E-state index is 5.98. The predicted octanol–water partition coefficient (Wildman–Crippen LogP) is 3.05. The molecule has 28 heavy (non-hydrogen) atoms. The van der Waals surface area contributed by atoms with E-state index in [1.165, 1.54) is 6.42 Å². The van der Waals surface area contributed by atoms with E-state index in [9.17, 15) is 0 Å². The summed E-state index contributed by atoms with van der Waals surface area (Å²) in [4.78, 5) is 8.63. The van der Waals surface area contributed by atoms with Crippen molar-refractivity contribution in [2.45, 2.75) is 19.3 Å². The summed E-state index contributed by atoms with van der Waals surface area (Å²) in [5.41, 5.74) is 8.16. The van der Waals surface area contributed by atoms with Crippen LogP contribution in [-0.2, 0) is 0 Å². The molecule has 1 aliphatic rings. The molecule has 8 heteroatoms. The minimum Gasteiger partial charge on any atom is -0.480 e. The average Bonchev–Trinajstić information content (AvgIpc) is 3.30. The van der Waals surface area contributed by atoms with Gasteiger partial charge >= 0.3 is 0 Å². The topological polar surface area (TPSA) is 101 Å². The first-order valence-electron chi connectivity index (χ1n) is 9.32.